The van der Waals surface area contributed by atoms with Crippen molar-refractivity contribution in [2.24, 2.45) is 11.8 Å². The van der Waals surface area contributed by atoms with E-state index < -0.39 is 0 Å². The summed E-state index contributed by atoms with van der Waals surface area (Å²) in [5.41, 5.74) is 0. The van der Waals surface area contributed by atoms with Crippen LogP contribution in [0.15, 0.2) is 0 Å². The van der Waals surface area contributed by atoms with Gasteiger partial charge in [-0.1, -0.05) is 13.8 Å². The van der Waals surface area contributed by atoms with Crippen LogP contribution in [0.4, 0.5) is 0 Å². The molecule has 1 fully saturated rings. The number of piperidine rings is 1. The number of likely N-dealkylation sites (tertiary alicyclic amines) is 1. The number of hydrogen-bond acceptors (Lipinski definition) is 2. The molecular formula is C12H23NO2. The maximum Gasteiger partial charge on any atom is 0.222 e. The van der Waals surface area contributed by atoms with Crippen LogP contribution in [0.5, 0.6) is 0 Å². The Labute approximate surface area is 92.5 Å². The molecule has 1 amide bonds. The van der Waals surface area contributed by atoms with Gasteiger partial charge in [-0.2, -0.15) is 0 Å². The summed E-state index contributed by atoms with van der Waals surface area (Å²) >= 11 is 0. The maximum absolute atomic E-state index is 11.8. The summed E-state index contributed by atoms with van der Waals surface area (Å²) in [6.07, 6.45) is 3.75. The van der Waals surface area contributed by atoms with Crippen molar-refractivity contribution in [1.29, 1.82) is 0 Å². The molecule has 0 radical (unpaired) electrons. The van der Waals surface area contributed by atoms with Gasteiger partial charge in [0.05, 0.1) is 0 Å². The van der Waals surface area contributed by atoms with E-state index in [1.54, 1.807) is 0 Å². The van der Waals surface area contributed by atoms with Crippen molar-refractivity contribution in [3.05, 3.63) is 0 Å². The lowest BCUT2D eigenvalue weighted by molar-refractivity contribution is -0.133. The minimum atomic E-state index is 0.247. The molecule has 1 unspecified atom stereocenters. The third-order valence-corrected chi connectivity index (χ3v) is 2.99. The monoisotopic (exact) mass is 213 g/mol. The molecule has 0 aromatic rings. The van der Waals surface area contributed by atoms with Gasteiger partial charge >= 0.3 is 0 Å². The van der Waals surface area contributed by atoms with Crippen LogP contribution in [0.3, 0.4) is 0 Å². The summed E-state index contributed by atoms with van der Waals surface area (Å²) in [7, 11) is 0. The fourth-order valence-electron chi connectivity index (χ4n) is 2.19. The van der Waals surface area contributed by atoms with Gasteiger partial charge in [0, 0.05) is 26.1 Å². The zero-order chi connectivity index (χ0) is 11.3. The highest BCUT2D eigenvalue weighted by Gasteiger charge is 2.23. The first-order valence-electron chi connectivity index (χ1n) is 6.02. The molecule has 1 aliphatic heterocycles. The second kappa shape index (κ2) is 6.11. The highest BCUT2D eigenvalue weighted by molar-refractivity contribution is 5.76. The van der Waals surface area contributed by atoms with Crippen LogP contribution in [0.1, 0.15) is 39.5 Å². The molecule has 1 aliphatic rings. The van der Waals surface area contributed by atoms with Crippen molar-refractivity contribution in [1.82, 2.24) is 4.90 Å². The second-order valence-electron chi connectivity index (χ2n) is 4.96. The average Bonchev–Trinajstić information content (AvgIpc) is 2.17. The highest BCUT2D eigenvalue weighted by atomic mass is 16.3. The van der Waals surface area contributed by atoms with Crippen LogP contribution < -0.4 is 0 Å². The maximum atomic E-state index is 11.8. The number of hydrogen-bond donors (Lipinski definition) is 1. The number of amides is 1. The Morgan fingerprint density at radius 3 is 2.87 bits per heavy atom. The number of aliphatic hydroxyl groups is 1. The van der Waals surface area contributed by atoms with E-state index in [0.717, 1.165) is 32.4 Å². The number of carbonyl (C=O) groups excluding carboxylic acids is 1. The lowest BCUT2D eigenvalue weighted by atomic mass is 9.94. The lowest BCUT2D eigenvalue weighted by Gasteiger charge is -2.33. The second-order valence-corrected chi connectivity index (χ2v) is 4.96. The van der Waals surface area contributed by atoms with Gasteiger partial charge in [0.2, 0.25) is 5.91 Å². The van der Waals surface area contributed by atoms with Crippen molar-refractivity contribution < 1.29 is 9.90 Å². The quantitative estimate of drug-likeness (QED) is 0.771. The SMILES string of the molecule is CC(C)CC(=O)N1CCCC(CCO)C1. The summed E-state index contributed by atoms with van der Waals surface area (Å²) in [6, 6.07) is 0. The number of nitrogens with zero attached hydrogens (tertiary/aromatic N) is 1. The third-order valence-electron chi connectivity index (χ3n) is 2.99. The van der Waals surface area contributed by atoms with Crippen molar-refractivity contribution in [2.45, 2.75) is 39.5 Å². The molecule has 1 rings (SSSR count). The van der Waals surface area contributed by atoms with Gasteiger partial charge < -0.3 is 10.0 Å². The van der Waals surface area contributed by atoms with Crippen molar-refractivity contribution in [2.75, 3.05) is 19.7 Å². The Kier molecular flexibility index (Phi) is 5.09. The molecule has 1 N–H and O–H groups in total. The average molecular weight is 213 g/mol. The van der Waals surface area contributed by atoms with E-state index in [1.165, 1.54) is 0 Å². The molecule has 0 aliphatic carbocycles. The van der Waals surface area contributed by atoms with E-state index in [9.17, 15) is 4.79 Å². The van der Waals surface area contributed by atoms with E-state index in [-0.39, 0.29) is 12.5 Å². The van der Waals surface area contributed by atoms with Gasteiger partial charge in [-0.15, -0.1) is 0 Å². The van der Waals surface area contributed by atoms with E-state index in [2.05, 4.69) is 13.8 Å². The Bertz CT molecular complexity index is 202. The molecule has 15 heavy (non-hydrogen) atoms. The third kappa shape index (κ3) is 4.20. The zero-order valence-electron chi connectivity index (χ0n) is 9.91. The fourth-order valence-corrected chi connectivity index (χ4v) is 2.19. The first kappa shape index (κ1) is 12.5. The Morgan fingerprint density at radius 2 is 2.27 bits per heavy atom. The molecule has 1 saturated heterocycles. The number of rotatable bonds is 4. The van der Waals surface area contributed by atoms with Gasteiger partial charge in [0.1, 0.15) is 0 Å². The van der Waals surface area contributed by atoms with Crippen LogP contribution in [0, 0.1) is 11.8 Å². The van der Waals surface area contributed by atoms with Gasteiger partial charge in [-0.25, -0.2) is 0 Å². The first-order chi connectivity index (χ1) is 7.13. The largest absolute Gasteiger partial charge is 0.396 e. The smallest absolute Gasteiger partial charge is 0.222 e. The lowest BCUT2D eigenvalue weighted by Crippen LogP contribution is -2.40. The molecule has 0 bridgehead atoms. The molecule has 0 saturated carbocycles. The van der Waals surface area contributed by atoms with E-state index in [4.69, 9.17) is 5.11 Å². The summed E-state index contributed by atoms with van der Waals surface area (Å²) in [6.45, 7) is 6.16. The molecule has 0 aromatic heterocycles. The van der Waals surface area contributed by atoms with Crippen LogP contribution in [-0.2, 0) is 4.79 Å². The Balaban J connectivity index is 2.38. The predicted molar refractivity (Wildman–Crippen MR) is 60.5 cm³/mol. The molecule has 3 heteroatoms. The summed E-state index contributed by atoms with van der Waals surface area (Å²) in [5.74, 6) is 1.24. The zero-order valence-corrected chi connectivity index (χ0v) is 9.91. The molecule has 3 nitrogen and oxygen atoms in total. The van der Waals surface area contributed by atoms with Crippen LogP contribution in [0.25, 0.3) is 0 Å². The van der Waals surface area contributed by atoms with Crippen LogP contribution in [0.2, 0.25) is 0 Å². The van der Waals surface area contributed by atoms with E-state index >= 15 is 0 Å². The Hall–Kier alpha value is -0.570. The van der Waals surface area contributed by atoms with Crippen LogP contribution >= 0.6 is 0 Å². The summed E-state index contributed by atoms with van der Waals surface area (Å²) in [5, 5.41) is 8.89. The first-order valence-corrected chi connectivity index (χ1v) is 6.02. The molecule has 0 aromatic carbocycles. The highest BCUT2D eigenvalue weighted by Crippen LogP contribution is 2.20. The fraction of sp³-hybridized carbons (Fsp3) is 0.917. The molecule has 0 spiro atoms. The van der Waals surface area contributed by atoms with Gasteiger partial charge in [-0.3, -0.25) is 4.79 Å². The summed E-state index contributed by atoms with van der Waals surface area (Å²) in [4.78, 5) is 13.8. The van der Waals surface area contributed by atoms with Crippen molar-refractivity contribution in [3.8, 4) is 0 Å². The van der Waals surface area contributed by atoms with Crippen molar-refractivity contribution in [3.63, 3.8) is 0 Å². The van der Waals surface area contributed by atoms with Crippen LogP contribution in [-0.4, -0.2) is 35.6 Å². The molecule has 88 valence electrons. The standard InChI is InChI=1S/C12H23NO2/c1-10(2)8-12(15)13-6-3-4-11(9-13)5-7-14/h10-11,14H,3-9H2,1-2H3. The minimum absolute atomic E-state index is 0.247. The molecular weight excluding hydrogens is 190 g/mol. The van der Waals surface area contributed by atoms with E-state index in [0.29, 0.717) is 18.3 Å². The van der Waals surface area contributed by atoms with E-state index in [1.807, 2.05) is 4.90 Å². The van der Waals surface area contributed by atoms with Crippen molar-refractivity contribution >= 4 is 5.91 Å². The Morgan fingerprint density at radius 1 is 1.53 bits per heavy atom. The molecule has 1 atom stereocenters. The minimum Gasteiger partial charge on any atom is -0.396 e. The van der Waals surface area contributed by atoms with Gasteiger partial charge in [-0.05, 0) is 31.1 Å². The van der Waals surface area contributed by atoms with Gasteiger partial charge in [0.25, 0.3) is 0 Å². The topological polar surface area (TPSA) is 40.5 Å². The molecule has 1 heterocycles. The summed E-state index contributed by atoms with van der Waals surface area (Å²) < 4.78 is 0. The normalized spacial score (nSPS) is 22.1. The number of aliphatic hydroxyl groups excluding tert-OH is 1. The predicted octanol–water partition coefficient (Wildman–Crippen LogP) is 1.65. The van der Waals surface area contributed by atoms with Gasteiger partial charge in [0.15, 0.2) is 0 Å². The number of carbonyl (C=O) groups is 1.